The molecule has 0 atom stereocenters. The fourth-order valence-electron chi connectivity index (χ4n) is 6.41. The SMILES string of the molecule is c1ccc(N(c2ccc(-c3ccc4ccccc4c3)cc2)c2ccc3sc4ccc5oc6ccccc6c5c4c3c2)cc1. The second-order valence-electron chi connectivity index (χ2n) is 11.0. The standard InChI is InChI=1S/C40H25NOS/c1-2-10-30(11-3-1)41(31-18-16-27(17-19-31)29-15-14-26-8-4-5-9-28(26)24-29)32-20-22-37-34(25-32)40-38(43-37)23-21-36-39(40)33-12-6-7-13-35(33)42-36/h1-25H. The highest BCUT2D eigenvalue weighted by atomic mass is 32.1. The molecule has 0 fully saturated rings. The Bertz CT molecular complexity index is 2450. The molecule has 0 aliphatic carbocycles. The zero-order valence-corrected chi connectivity index (χ0v) is 24.0. The summed E-state index contributed by atoms with van der Waals surface area (Å²) in [5.41, 5.74) is 7.66. The number of rotatable bonds is 4. The van der Waals surface area contributed by atoms with E-state index in [1.807, 2.05) is 17.4 Å². The Kier molecular flexibility index (Phi) is 5.40. The Morgan fingerprint density at radius 2 is 1.12 bits per heavy atom. The van der Waals surface area contributed by atoms with Gasteiger partial charge in [-0.2, -0.15) is 0 Å². The minimum absolute atomic E-state index is 0.929. The van der Waals surface area contributed by atoms with Crippen molar-refractivity contribution in [2.45, 2.75) is 0 Å². The van der Waals surface area contributed by atoms with Gasteiger partial charge in [0.25, 0.3) is 0 Å². The number of nitrogens with zero attached hydrogens (tertiary/aromatic N) is 1. The third kappa shape index (κ3) is 3.93. The van der Waals surface area contributed by atoms with Gasteiger partial charge in [0, 0.05) is 48.0 Å². The maximum atomic E-state index is 6.26. The van der Waals surface area contributed by atoms with Gasteiger partial charge < -0.3 is 9.32 Å². The third-order valence-electron chi connectivity index (χ3n) is 8.44. The Morgan fingerprint density at radius 3 is 2.00 bits per heavy atom. The summed E-state index contributed by atoms with van der Waals surface area (Å²) in [6.07, 6.45) is 0. The zero-order valence-electron chi connectivity index (χ0n) is 23.2. The van der Waals surface area contributed by atoms with Crippen LogP contribution in [0.5, 0.6) is 0 Å². The van der Waals surface area contributed by atoms with Gasteiger partial charge in [0.1, 0.15) is 11.2 Å². The van der Waals surface area contributed by atoms with Gasteiger partial charge in [0.2, 0.25) is 0 Å². The summed E-state index contributed by atoms with van der Waals surface area (Å²) in [6.45, 7) is 0. The van der Waals surface area contributed by atoms with Crippen LogP contribution in [0.25, 0.3) is 64.0 Å². The molecule has 0 saturated heterocycles. The molecule has 0 N–H and O–H groups in total. The normalized spacial score (nSPS) is 11.7. The molecule has 0 radical (unpaired) electrons. The predicted molar refractivity (Wildman–Crippen MR) is 184 cm³/mol. The summed E-state index contributed by atoms with van der Waals surface area (Å²) in [6, 6.07) is 54.3. The zero-order chi connectivity index (χ0) is 28.3. The summed E-state index contributed by atoms with van der Waals surface area (Å²) >= 11 is 1.84. The van der Waals surface area contributed by atoms with E-state index >= 15 is 0 Å². The number of hydrogen-bond acceptors (Lipinski definition) is 3. The van der Waals surface area contributed by atoms with E-state index in [0.29, 0.717) is 0 Å². The molecule has 7 aromatic carbocycles. The monoisotopic (exact) mass is 567 g/mol. The molecule has 0 saturated carbocycles. The lowest BCUT2D eigenvalue weighted by Gasteiger charge is -2.26. The van der Waals surface area contributed by atoms with Crippen molar-refractivity contribution in [3.05, 3.63) is 152 Å². The first kappa shape index (κ1) is 24.2. The number of fused-ring (bicyclic) bond motifs is 8. The molecule has 2 nitrogen and oxygen atoms in total. The first-order chi connectivity index (χ1) is 21.3. The third-order valence-corrected chi connectivity index (χ3v) is 9.57. The van der Waals surface area contributed by atoms with Crippen molar-refractivity contribution in [3.63, 3.8) is 0 Å². The molecule has 0 aliphatic rings. The van der Waals surface area contributed by atoms with Crippen molar-refractivity contribution in [1.29, 1.82) is 0 Å². The first-order valence-corrected chi connectivity index (χ1v) is 15.3. The highest BCUT2D eigenvalue weighted by Crippen LogP contribution is 2.45. The van der Waals surface area contributed by atoms with Crippen LogP contribution in [0.3, 0.4) is 0 Å². The molecular weight excluding hydrogens is 543 g/mol. The van der Waals surface area contributed by atoms with Gasteiger partial charge in [-0.15, -0.1) is 11.3 Å². The maximum Gasteiger partial charge on any atom is 0.136 e. The fourth-order valence-corrected chi connectivity index (χ4v) is 7.50. The first-order valence-electron chi connectivity index (χ1n) is 14.5. The van der Waals surface area contributed by atoms with Crippen LogP contribution >= 0.6 is 11.3 Å². The Balaban J connectivity index is 1.21. The van der Waals surface area contributed by atoms with Crippen LogP contribution in [0.4, 0.5) is 17.1 Å². The average Bonchev–Trinajstić information content (AvgIpc) is 3.63. The predicted octanol–water partition coefficient (Wildman–Crippen LogP) is 12.2. The fraction of sp³-hybridized carbons (Fsp3) is 0. The highest BCUT2D eigenvalue weighted by molar-refractivity contribution is 7.26. The van der Waals surface area contributed by atoms with Crippen LogP contribution in [0.1, 0.15) is 0 Å². The summed E-state index contributed by atoms with van der Waals surface area (Å²) < 4.78 is 8.81. The number of benzene rings is 7. The summed E-state index contributed by atoms with van der Waals surface area (Å²) in [5, 5.41) is 7.40. The van der Waals surface area contributed by atoms with Crippen molar-refractivity contribution in [1.82, 2.24) is 0 Å². The quantitative estimate of drug-likeness (QED) is 0.210. The number of para-hydroxylation sites is 2. The molecule has 3 heteroatoms. The Labute approximate surface area is 252 Å². The molecular formula is C40H25NOS. The lowest BCUT2D eigenvalue weighted by atomic mass is 10.0. The number of thiophene rings is 1. The lowest BCUT2D eigenvalue weighted by Crippen LogP contribution is -2.09. The lowest BCUT2D eigenvalue weighted by molar-refractivity contribution is 0.669. The van der Waals surface area contributed by atoms with E-state index in [1.165, 1.54) is 47.5 Å². The molecule has 0 unspecified atom stereocenters. The van der Waals surface area contributed by atoms with Crippen molar-refractivity contribution in [3.8, 4) is 11.1 Å². The summed E-state index contributed by atoms with van der Waals surface area (Å²) in [7, 11) is 0. The van der Waals surface area contributed by atoms with Crippen LogP contribution in [0.2, 0.25) is 0 Å². The maximum absolute atomic E-state index is 6.26. The molecule has 43 heavy (non-hydrogen) atoms. The van der Waals surface area contributed by atoms with E-state index in [1.54, 1.807) is 0 Å². The number of anilines is 3. The molecule has 9 aromatic rings. The Morgan fingerprint density at radius 1 is 0.419 bits per heavy atom. The molecule has 0 aliphatic heterocycles. The van der Waals surface area contributed by atoms with Crippen LogP contribution in [-0.4, -0.2) is 0 Å². The molecule has 0 bridgehead atoms. The van der Waals surface area contributed by atoms with Gasteiger partial charge in [-0.3, -0.25) is 0 Å². The van der Waals surface area contributed by atoms with Crippen LogP contribution in [0, 0.1) is 0 Å². The molecule has 9 rings (SSSR count). The van der Waals surface area contributed by atoms with Gasteiger partial charge in [0.15, 0.2) is 0 Å². The van der Waals surface area contributed by atoms with E-state index < -0.39 is 0 Å². The van der Waals surface area contributed by atoms with Crippen molar-refractivity contribution >= 4 is 81.3 Å². The Hall–Kier alpha value is -5.38. The van der Waals surface area contributed by atoms with Gasteiger partial charge in [-0.1, -0.05) is 84.9 Å². The summed E-state index contributed by atoms with van der Waals surface area (Å²) in [5.74, 6) is 0. The molecule has 0 amide bonds. The van der Waals surface area contributed by atoms with Gasteiger partial charge in [-0.05, 0) is 88.6 Å². The van der Waals surface area contributed by atoms with Crippen molar-refractivity contribution in [2.75, 3.05) is 4.90 Å². The topological polar surface area (TPSA) is 16.4 Å². The van der Waals surface area contributed by atoms with E-state index in [4.69, 9.17) is 4.42 Å². The minimum atomic E-state index is 0.929. The smallest absolute Gasteiger partial charge is 0.136 e. The highest BCUT2D eigenvalue weighted by Gasteiger charge is 2.18. The van der Waals surface area contributed by atoms with Crippen LogP contribution in [0.15, 0.2) is 156 Å². The van der Waals surface area contributed by atoms with E-state index in [2.05, 4.69) is 150 Å². The largest absolute Gasteiger partial charge is 0.456 e. The van der Waals surface area contributed by atoms with E-state index in [9.17, 15) is 0 Å². The van der Waals surface area contributed by atoms with Gasteiger partial charge in [0.05, 0.1) is 0 Å². The second kappa shape index (κ2) is 9.59. The molecule has 202 valence electrons. The van der Waals surface area contributed by atoms with Crippen molar-refractivity contribution < 1.29 is 4.42 Å². The van der Waals surface area contributed by atoms with Gasteiger partial charge >= 0.3 is 0 Å². The van der Waals surface area contributed by atoms with Crippen LogP contribution in [-0.2, 0) is 0 Å². The second-order valence-corrected chi connectivity index (χ2v) is 12.1. The summed E-state index contributed by atoms with van der Waals surface area (Å²) in [4.78, 5) is 2.35. The molecule has 0 spiro atoms. The van der Waals surface area contributed by atoms with Gasteiger partial charge in [-0.25, -0.2) is 0 Å². The van der Waals surface area contributed by atoms with E-state index in [-0.39, 0.29) is 0 Å². The average molecular weight is 568 g/mol. The minimum Gasteiger partial charge on any atom is -0.456 e. The number of furan rings is 1. The molecule has 2 aromatic heterocycles. The molecule has 2 heterocycles. The number of hydrogen-bond donors (Lipinski definition) is 0. The van der Waals surface area contributed by atoms with Crippen molar-refractivity contribution in [2.24, 2.45) is 0 Å². The van der Waals surface area contributed by atoms with Crippen LogP contribution < -0.4 is 4.90 Å². The van der Waals surface area contributed by atoms with E-state index in [0.717, 1.165) is 33.6 Å².